The van der Waals surface area contributed by atoms with Gasteiger partial charge in [0.2, 0.25) is 5.91 Å². The van der Waals surface area contributed by atoms with Gasteiger partial charge in [-0.1, -0.05) is 12.8 Å². The van der Waals surface area contributed by atoms with Gasteiger partial charge in [0, 0.05) is 17.3 Å². The highest BCUT2D eigenvalue weighted by Crippen LogP contribution is 2.17. The van der Waals surface area contributed by atoms with Crippen LogP contribution in [0.2, 0.25) is 0 Å². The molecule has 100 valence electrons. The fourth-order valence-corrected chi connectivity index (χ4v) is 2.82. The summed E-state index contributed by atoms with van der Waals surface area (Å²) in [5.41, 5.74) is 0. The maximum atomic E-state index is 11.7. The Balaban J connectivity index is 2.17. The molecule has 2 unspecified atom stereocenters. The van der Waals surface area contributed by atoms with Crippen LogP contribution in [-0.2, 0) is 4.79 Å². The van der Waals surface area contributed by atoms with E-state index in [0.717, 1.165) is 12.8 Å². The Bertz CT molecular complexity index is 229. The zero-order valence-corrected chi connectivity index (χ0v) is 11.6. The Kier molecular flexibility index (Phi) is 6.92. The lowest BCUT2D eigenvalue weighted by molar-refractivity contribution is -0.121. The molecule has 0 aliphatic heterocycles. The lowest BCUT2D eigenvalue weighted by Gasteiger charge is -2.21. The summed E-state index contributed by atoms with van der Waals surface area (Å²) in [5.74, 6) is 0.0709. The standard InChI is InChI=1S/C12H24N2O2S/c1-9(11(8-15)17-2)13-7-12(16)14-10-5-3-4-6-10/h9-11,13,15H,3-8H2,1-2H3,(H,14,16). The van der Waals surface area contributed by atoms with Gasteiger partial charge in [-0.05, 0) is 26.0 Å². The first kappa shape index (κ1) is 14.8. The molecule has 0 bridgehead atoms. The van der Waals surface area contributed by atoms with Crippen LogP contribution in [0, 0.1) is 0 Å². The van der Waals surface area contributed by atoms with E-state index >= 15 is 0 Å². The van der Waals surface area contributed by atoms with Gasteiger partial charge in [0.15, 0.2) is 0 Å². The topological polar surface area (TPSA) is 61.4 Å². The van der Waals surface area contributed by atoms with E-state index in [2.05, 4.69) is 10.6 Å². The minimum absolute atomic E-state index is 0.0709. The molecule has 1 saturated carbocycles. The molecule has 5 heteroatoms. The van der Waals surface area contributed by atoms with E-state index in [1.54, 1.807) is 11.8 Å². The molecule has 1 rings (SSSR count). The molecular formula is C12H24N2O2S. The van der Waals surface area contributed by atoms with Gasteiger partial charge in [-0.3, -0.25) is 4.79 Å². The summed E-state index contributed by atoms with van der Waals surface area (Å²) >= 11 is 1.62. The third-order valence-corrected chi connectivity index (χ3v) is 4.51. The Hall–Kier alpha value is -0.260. The van der Waals surface area contributed by atoms with E-state index in [1.807, 2.05) is 13.2 Å². The Morgan fingerprint density at radius 2 is 2.12 bits per heavy atom. The molecule has 1 amide bonds. The number of amides is 1. The van der Waals surface area contributed by atoms with Crippen LogP contribution in [0.1, 0.15) is 32.6 Å². The molecule has 0 aromatic heterocycles. The van der Waals surface area contributed by atoms with E-state index in [-0.39, 0.29) is 23.8 Å². The summed E-state index contributed by atoms with van der Waals surface area (Å²) in [5, 5.41) is 15.5. The summed E-state index contributed by atoms with van der Waals surface area (Å²) in [6.45, 7) is 2.48. The molecule has 0 spiro atoms. The maximum absolute atomic E-state index is 11.7. The summed E-state index contributed by atoms with van der Waals surface area (Å²) in [6.07, 6.45) is 6.66. The van der Waals surface area contributed by atoms with E-state index in [1.165, 1.54) is 12.8 Å². The molecular weight excluding hydrogens is 236 g/mol. The smallest absolute Gasteiger partial charge is 0.234 e. The van der Waals surface area contributed by atoms with Gasteiger partial charge in [0.05, 0.1) is 13.2 Å². The van der Waals surface area contributed by atoms with Gasteiger partial charge in [-0.15, -0.1) is 0 Å². The molecule has 0 saturated heterocycles. The van der Waals surface area contributed by atoms with Crippen molar-refractivity contribution in [2.45, 2.75) is 49.9 Å². The van der Waals surface area contributed by atoms with Gasteiger partial charge in [0.1, 0.15) is 0 Å². The third-order valence-electron chi connectivity index (χ3n) is 3.35. The third kappa shape index (κ3) is 5.27. The highest BCUT2D eigenvalue weighted by Gasteiger charge is 2.19. The van der Waals surface area contributed by atoms with Crippen molar-refractivity contribution in [3.63, 3.8) is 0 Å². The lowest BCUT2D eigenvalue weighted by Crippen LogP contribution is -2.45. The number of carbonyl (C=O) groups excluding carboxylic acids is 1. The van der Waals surface area contributed by atoms with Crippen LogP contribution >= 0.6 is 11.8 Å². The number of aliphatic hydroxyl groups is 1. The quantitative estimate of drug-likeness (QED) is 0.632. The first-order valence-corrected chi connectivity index (χ1v) is 7.62. The Morgan fingerprint density at radius 1 is 1.47 bits per heavy atom. The van der Waals surface area contributed by atoms with Crippen molar-refractivity contribution in [2.75, 3.05) is 19.4 Å². The second-order valence-electron chi connectivity index (χ2n) is 4.68. The molecule has 4 nitrogen and oxygen atoms in total. The van der Waals surface area contributed by atoms with Gasteiger partial charge in [-0.2, -0.15) is 11.8 Å². The number of hydrogen-bond donors (Lipinski definition) is 3. The first-order chi connectivity index (χ1) is 8.17. The van der Waals surface area contributed by atoms with Crippen LogP contribution in [0.3, 0.4) is 0 Å². The van der Waals surface area contributed by atoms with Crippen LogP contribution < -0.4 is 10.6 Å². The van der Waals surface area contributed by atoms with Gasteiger partial charge < -0.3 is 15.7 Å². The molecule has 0 radical (unpaired) electrons. The van der Waals surface area contributed by atoms with Crippen LogP contribution in [0.25, 0.3) is 0 Å². The number of thioether (sulfide) groups is 1. The fourth-order valence-electron chi connectivity index (χ4n) is 2.17. The number of hydrogen-bond acceptors (Lipinski definition) is 4. The van der Waals surface area contributed by atoms with Gasteiger partial charge in [0.25, 0.3) is 0 Å². The van der Waals surface area contributed by atoms with E-state index in [9.17, 15) is 4.79 Å². The van der Waals surface area contributed by atoms with Crippen LogP contribution in [0.15, 0.2) is 0 Å². The second-order valence-corrected chi connectivity index (χ2v) is 5.75. The van der Waals surface area contributed by atoms with E-state index in [4.69, 9.17) is 5.11 Å². The predicted octanol–water partition coefficient (Wildman–Crippen LogP) is 0.747. The highest BCUT2D eigenvalue weighted by molar-refractivity contribution is 7.99. The van der Waals surface area contributed by atoms with E-state index < -0.39 is 0 Å². The second kappa shape index (κ2) is 7.95. The molecule has 1 aliphatic carbocycles. The molecule has 3 N–H and O–H groups in total. The highest BCUT2D eigenvalue weighted by atomic mass is 32.2. The molecule has 0 aromatic rings. The fraction of sp³-hybridized carbons (Fsp3) is 0.917. The molecule has 17 heavy (non-hydrogen) atoms. The van der Waals surface area contributed by atoms with Crippen LogP contribution in [0.4, 0.5) is 0 Å². The lowest BCUT2D eigenvalue weighted by atomic mass is 10.2. The average molecular weight is 260 g/mol. The molecule has 0 aromatic carbocycles. The van der Waals surface area contributed by atoms with Crippen molar-refractivity contribution in [1.82, 2.24) is 10.6 Å². The van der Waals surface area contributed by atoms with Crippen molar-refractivity contribution in [1.29, 1.82) is 0 Å². The molecule has 2 atom stereocenters. The maximum Gasteiger partial charge on any atom is 0.234 e. The van der Waals surface area contributed by atoms with Gasteiger partial charge in [-0.25, -0.2) is 0 Å². The summed E-state index contributed by atoms with van der Waals surface area (Å²) in [7, 11) is 0. The monoisotopic (exact) mass is 260 g/mol. The zero-order valence-electron chi connectivity index (χ0n) is 10.7. The number of aliphatic hydroxyl groups excluding tert-OH is 1. The largest absolute Gasteiger partial charge is 0.395 e. The summed E-state index contributed by atoms with van der Waals surface area (Å²) in [4.78, 5) is 11.7. The number of carbonyl (C=O) groups is 1. The van der Waals surface area contributed by atoms with Crippen LogP contribution in [-0.4, -0.2) is 47.8 Å². The van der Waals surface area contributed by atoms with Crippen molar-refractivity contribution in [3.8, 4) is 0 Å². The first-order valence-electron chi connectivity index (χ1n) is 6.33. The predicted molar refractivity (Wildman–Crippen MR) is 72.3 cm³/mol. The Labute approximate surface area is 108 Å². The summed E-state index contributed by atoms with van der Waals surface area (Å²) in [6, 6.07) is 0.526. The van der Waals surface area contributed by atoms with Crippen molar-refractivity contribution < 1.29 is 9.90 Å². The average Bonchev–Trinajstić information content (AvgIpc) is 2.81. The summed E-state index contributed by atoms with van der Waals surface area (Å²) < 4.78 is 0. The van der Waals surface area contributed by atoms with Crippen molar-refractivity contribution in [2.24, 2.45) is 0 Å². The van der Waals surface area contributed by atoms with E-state index in [0.29, 0.717) is 12.6 Å². The Morgan fingerprint density at radius 3 is 2.65 bits per heavy atom. The molecule has 1 aliphatic rings. The number of nitrogens with one attached hydrogen (secondary N) is 2. The normalized spacial score (nSPS) is 20.2. The van der Waals surface area contributed by atoms with Crippen LogP contribution in [0.5, 0.6) is 0 Å². The minimum atomic E-state index is 0.0709. The van der Waals surface area contributed by atoms with Crippen molar-refractivity contribution in [3.05, 3.63) is 0 Å². The SMILES string of the molecule is CSC(CO)C(C)NCC(=O)NC1CCCC1. The minimum Gasteiger partial charge on any atom is -0.395 e. The number of rotatable bonds is 7. The molecule has 1 fully saturated rings. The molecule has 0 heterocycles. The zero-order chi connectivity index (χ0) is 12.7. The van der Waals surface area contributed by atoms with Crippen molar-refractivity contribution >= 4 is 17.7 Å². The van der Waals surface area contributed by atoms with Gasteiger partial charge >= 0.3 is 0 Å².